The fourth-order valence-corrected chi connectivity index (χ4v) is 4.05. The van der Waals surface area contributed by atoms with E-state index in [0.29, 0.717) is 19.5 Å². The van der Waals surface area contributed by atoms with E-state index in [-0.39, 0.29) is 28.8 Å². The van der Waals surface area contributed by atoms with Gasteiger partial charge in [0.25, 0.3) is 5.24 Å². The number of imide groups is 1. The van der Waals surface area contributed by atoms with Crippen LogP contribution in [0.2, 0.25) is 0 Å². The zero-order valence-electron chi connectivity index (χ0n) is 14.1. The first-order chi connectivity index (χ1) is 12.6. The summed E-state index contributed by atoms with van der Waals surface area (Å²) in [6.07, 6.45) is 0.332. The van der Waals surface area contributed by atoms with Crippen LogP contribution in [0.1, 0.15) is 5.56 Å². The molecule has 0 radical (unpaired) electrons. The van der Waals surface area contributed by atoms with Crippen LogP contribution >= 0.6 is 11.8 Å². The highest BCUT2D eigenvalue weighted by molar-refractivity contribution is 8.14. The van der Waals surface area contributed by atoms with E-state index in [1.54, 1.807) is 4.90 Å². The van der Waals surface area contributed by atoms with Crippen LogP contribution in [-0.4, -0.2) is 51.7 Å². The summed E-state index contributed by atoms with van der Waals surface area (Å²) < 4.78 is 0. The van der Waals surface area contributed by atoms with Gasteiger partial charge in [0.1, 0.15) is 0 Å². The Bertz CT molecular complexity index is 829. The fourth-order valence-electron chi connectivity index (χ4n) is 3.27. The number of benzene rings is 2. The van der Waals surface area contributed by atoms with Gasteiger partial charge < -0.3 is 4.90 Å². The average molecular weight is 366 g/mol. The Morgan fingerprint density at radius 1 is 0.962 bits per heavy atom. The lowest BCUT2D eigenvalue weighted by Crippen LogP contribution is -2.62. The molecule has 5 nitrogen and oxygen atoms in total. The first-order valence-corrected chi connectivity index (χ1v) is 9.51. The SMILES string of the molecule is O=C(Cc1ccc(-c2ccccc2)cc1)N1CC(N2C(=O)CSC2=O)C1. The zero-order valence-corrected chi connectivity index (χ0v) is 14.9. The highest BCUT2D eigenvalue weighted by Crippen LogP contribution is 2.26. The van der Waals surface area contributed by atoms with Crippen molar-refractivity contribution in [3.8, 4) is 11.1 Å². The van der Waals surface area contributed by atoms with Gasteiger partial charge in [-0.3, -0.25) is 19.3 Å². The maximum Gasteiger partial charge on any atom is 0.289 e. The van der Waals surface area contributed by atoms with Gasteiger partial charge >= 0.3 is 0 Å². The van der Waals surface area contributed by atoms with E-state index < -0.39 is 0 Å². The lowest BCUT2D eigenvalue weighted by molar-refractivity contribution is -0.141. The molecule has 26 heavy (non-hydrogen) atoms. The summed E-state index contributed by atoms with van der Waals surface area (Å²) in [5, 5.41) is -0.191. The van der Waals surface area contributed by atoms with E-state index in [1.165, 1.54) is 4.90 Å². The fraction of sp³-hybridized carbons (Fsp3) is 0.250. The molecule has 2 saturated heterocycles. The second-order valence-electron chi connectivity index (χ2n) is 6.51. The van der Waals surface area contributed by atoms with Gasteiger partial charge in [0.15, 0.2) is 0 Å². The summed E-state index contributed by atoms with van der Waals surface area (Å²) in [5.74, 6) is 0.103. The van der Waals surface area contributed by atoms with Crippen LogP contribution in [0, 0.1) is 0 Å². The van der Waals surface area contributed by atoms with Crippen molar-refractivity contribution in [2.75, 3.05) is 18.8 Å². The molecule has 0 spiro atoms. The molecule has 0 saturated carbocycles. The molecule has 0 atom stereocenters. The van der Waals surface area contributed by atoms with Gasteiger partial charge in [-0.15, -0.1) is 0 Å². The van der Waals surface area contributed by atoms with Crippen LogP contribution in [0.25, 0.3) is 11.1 Å². The third kappa shape index (κ3) is 3.24. The van der Waals surface area contributed by atoms with E-state index in [0.717, 1.165) is 28.5 Å². The van der Waals surface area contributed by atoms with Crippen molar-refractivity contribution < 1.29 is 14.4 Å². The van der Waals surface area contributed by atoms with Crippen LogP contribution in [0.15, 0.2) is 54.6 Å². The molecule has 2 aromatic carbocycles. The lowest BCUT2D eigenvalue weighted by atomic mass is 10.0. The Balaban J connectivity index is 1.33. The molecule has 0 N–H and O–H groups in total. The Kier molecular flexibility index (Phi) is 4.51. The maximum absolute atomic E-state index is 12.4. The quantitative estimate of drug-likeness (QED) is 0.835. The van der Waals surface area contributed by atoms with Gasteiger partial charge in [-0.1, -0.05) is 66.4 Å². The summed E-state index contributed by atoms with van der Waals surface area (Å²) in [4.78, 5) is 38.8. The van der Waals surface area contributed by atoms with E-state index in [9.17, 15) is 14.4 Å². The number of thioether (sulfide) groups is 1. The Hall–Kier alpha value is -2.60. The topological polar surface area (TPSA) is 57.7 Å². The van der Waals surface area contributed by atoms with Gasteiger partial charge in [0, 0.05) is 13.1 Å². The van der Waals surface area contributed by atoms with Crippen molar-refractivity contribution in [3.05, 3.63) is 60.2 Å². The summed E-state index contributed by atoms with van der Waals surface area (Å²) >= 11 is 1.04. The van der Waals surface area contributed by atoms with E-state index >= 15 is 0 Å². The number of nitrogens with zero attached hydrogens (tertiary/aromatic N) is 2. The smallest absolute Gasteiger partial charge is 0.289 e. The van der Waals surface area contributed by atoms with Crippen LogP contribution in [-0.2, 0) is 16.0 Å². The Labute approximate surface area is 156 Å². The predicted octanol–water partition coefficient (Wildman–Crippen LogP) is 2.80. The molecule has 0 aromatic heterocycles. The molecule has 132 valence electrons. The summed E-state index contributed by atoms with van der Waals surface area (Å²) in [7, 11) is 0. The molecule has 6 heteroatoms. The van der Waals surface area contributed by atoms with Gasteiger partial charge in [0.05, 0.1) is 18.2 Å². The van der Waals surface area contributed by atoms with E-state index in [1.807, 2.05) is 42.5 Å². The zero-order chi connectivity index (χ0) is 18.1. The molecule has 0 aliphatic carbocycles. The number of likely N-dealkylation sites (tertiary alicyclic amines) is 1. The van der Waals surface area contributed by atoms with E-state index in [4.69, 9.17) is 0 Å². The number of hydrogen-bond acceptors (Lipinski definition) is 4. The average Bonchev–Trinajstić information content (AvgIpc) is 2.94. The largest absolute Gasteiger partial charge is 0.338 e. The number of amides is 3. The first-order valence-electron chi connectivity index (χ1n) is 8.53. The van der Waals surface area contributed by atoms with Crippen molar-refractivity contribution in [2.45, 2.75) is 12.5 Å². The van der Waals surface area contributed by atoms with Crippen molar-refractivity contribution in [1.82, 2.24) is 9.80 Å². The molecule has 2 heterocycles. The van der Waals surface area contributed by atoms with Crippen LogP contribution < -0.4 is 0 Å². The minimum absolute atomic E-state index is 0.0282. The second-order valence-corrected chi connectivity index (χ2v) is 7.44. The monoisotopic (exact) mass is 366 g/mol. The third-order valence-corrected chi connectivity index (χ3v) is 5.62. The number of rotatable bonds is 4. The maximum atomic E-state index is 12.4. The van der Waals surface area contributed by atoms with Gasteiger partial charge in [-0.2, -0.15) is 0 Å². The normalized spacial score (nSPS) is 17.5. The molecule has 0 bridgehead atoms. The molecule has 2 aliphatic heterocycles. The van der Waals surface area contributed by atoms with Crippen molar-refractivity contribution >= 4 is 28.8 Å². The predicted molar refractivity (Wildman–Crippen MR) is 101 cm³/mol. The van der Waals surface area contributed by atoms with Crippen LogP contribution in [0.4, 0.5) is 4.79 Å². The highest BCUT2D eigenvalue weighted by Gasteiger charge is 2.43. The molecular weight excluding hydrogens is 348 g/mol. The number of hydrogen-bond donors (Lipinski definition) is 0. The number of carbonyl (C=O) groups excluding carboxylic acids is 3. The Morgan fingerprint density at radius 2 is 1.62 bits per heavy atom. The summed E-state index contributed by atoms with van der Waals surface area (Å²) in [6.45, 7) is 0.887. The first kappa shape index (κ1) is 16.8. The standard InChI is InChI=1S/C20H18N2O3S/c23-18(21-11-17(12-21)22-19(24)13-26-20(22)25)10-14-6-8-16(9-7-14)15-4-2-1-3-5-15/h1-9,17H,10-13H2. The van der Waals surface area contributed by atoms with Crippen LogP contribution in [0.3, 0.4) is 0 Å². The van der Waals surface area contributed by atoms with Gasteiger partial charge in [-0.05, 0) is 16.7 Å². The van der Waals surface area contributed by atoms with Crippen molar-refractivity contribution in [2.24, 2.45) is 0 Å². The van der Waals surface area contributed by atoms with Crippen molar-refractivity contribution in [3.63, 3.8) is 0 Å². The molecular formula is C20H18N2O3S. The van der Waals surface area contributed by atoms with Crippen LogP contribution in [0.5, 0.6) is 0 Å². The third-order valence-electron chi connectivity index (χ3n) is 4.78. The molecule has 4 rings (SSSR count). The summed E-state index contributed by atoms with van der Waals surface area (Å²) in [5.41, 5.74) is 3.23. The minimum atomic E-state index is -0.191. The Morgan fingerprint density at radius 3 is 2.23 bits per heavy atom. The second kappa shape index (κ2) is 6.96. The van der Waals surface area contributed by atoms with Crippen molar-refractivity contribution in [1.29, 1.82) is 0 Å². The summed E-state index contributed by atoms with van der Waals surface area (Å²) in [6, 6.07) is 17.9. The lowest BCUT2D eigenvalue weighted by Gasteiger charge is -2.42. The van der Waals surface area contributed by atoms with Gasteiger partial charge in [-0.25, -0.2) is 0 Å². The molecule has 2 fully saturated rings. The molecule has 2 aromatic rings. The highest BCUT2D eigenvalue weighted by atomic mass is 32.2. The molecule has 3 amide bonds. The molecule has 0 unspecified atom stereocenters. The molecule has 2 aliphatic rings. The minimum Gasteiger partial charge on any atom is -0.338 e. The number of carbonyl (C=O) groups is 3. The van der Waals surface area contributed by atoms with Gasteiger partial charge in [0.2, 0.25) is 11.8 Å². The van der Waals surface area contributed by atoms with E-state index in [2.05, 4.69) is 12.1 Å².